The molecule has 0 spiro atoms. The van der Waals surface area contributed by atoms with Crippen molar-refractivity contribution < 1.29 is 4.74 Å². The molecule has 0 amide bonds. The van der Waals surface area contributed by atoms with E-state index < -0.39 is 0 Å². The van der Waals surface area contributed by atoms with Crippen molar-refractivity contribution in [2.45, 2.75) is 33.4 Å². The van der Waals surface area contributed by atoms with E-state index in [1.165, 1.54) is 0 Å². The number of aryl methyl sites for hydroxylation is 2. The number of hydrogen-bond acceptors (Lipinski definition) is 4. The van der Waals surface area contributed by atoms with Gasteiger partial charge in [0, 0.05) is 24.8 Å². The minimum Gasteiger partial charge on any atom is -0.436 e. The zero-order chi connectivity index (χ0) is 13.7. The van der Waals surface area contributed by atoms with Gasteiger partial charge < -0.3 is 10.1 Å². The summed E-state index contributed by atoms with van der Waals surface area (Å²) in [5.74, 6) is 1.34. The number of nitrogens with zero attached hydrogens (tertiary/aromatic N) is 3. The molecule has 2 rings (SSSR count). The fourth-order valence-electron chi connectivity index (χ4n) is 1.93. The van der Waals surface area contributed by atoms with Gasteiger partial charge in [-0.25, -0.2) is 4.98 Å². The van der Waals surface area contributed by atoms with Gasteiger partial charge in [0.05, 0.1) is 12.4 Å². The first kappa shape index (κ1) is 13.5. The summed E-state index contributed by atoms with van der Waals surface area (Å²) in [7, 11) is 1.92. The van der Waals surface area contributed by atoms with Gasteiger partial charge in [-0.1, -0.05) is 6.92 Å². The third-order valence-electron chi connectivity index (χ3n) is 2.66. The number of rotatable bonds is 6. The number of pyridine rings is 1. The summed E-state index contributed by atoms with van der Waals surface area (Å²) in [5.41, 5.74) is 2.11. The molecule has 102 valence electrons. The highest BCUT2D eigenvalue weighted by Crippen LogP contribution is 2.20. The maximum Gasteiger partial charge on any atom is 0.219 e. The van der Waals surface area contributed by atoms with Crippen molar-refractivity contribution in [1.82, 2.24) is 20.1 Å². The predicted octanol–water partition coefficient (Wildman–Crippen LogP) is 2.51. The number of hydrogen-bond donors (Lipinski definition) is 1. The average molecular weight is 260 g/mol. The van der Waals surface area contributed by atoms with E-state index in [0.717, 1.165) is 36.5 Å². The lowest BCUT2D eigenvalue weighted by atomic mass is 10.2. The van der Waals surface area contributed by atoms with E-state index in [1.54, 1.807) is 6.20 Å². The summed E-state index contributed by atoms with van der Waals surface area (Å²) in [6.45, 7) is 5.78. The zero-order valence-electron chi connectivity index (χ0n) is 11.7. The lowest BCUT2D eigenvalue weighted by Gasteiger charge is -2.06. The van der Waals surface area contributed by atoms with Crippen LogP contribution in [0.25, 0.3) is 0 Å². The zero-order valence-corrected chi connectivity index (χ0v) is 11.7. The van der Waals surface area contributed by atoms with Gasteiger partial charge >= 0.3 is 0 Å². The second-order valence-corrected chi connectivity index (χ2v) is 4.53. The third kappa shape index (κ3) is 3.79. The Balaban J connectivity index is 2.12. The molecule has 0 saturated carbocycles. The van der Waals surface area contributed by atoms with E-state index in [0.29, 0.717) is 5.88 Å². The van der Waals surface area contributed by atoms with Gasteiger partial charge in [-0.15, -0.1) is 0 Å². The van der Waals surface area contributed by atoms with Crippen LogP contribution in [0.3, 0.4) is 0 Å². The Morgan fingerprint density at radius 3 is 2.95 bits per heavy atom. The molecule has 2 aromatic heterocycles. The summed E-state index contributed by atoms with van der Waals surface area (Å²) in [5, 5.41) is 7.36. The average Bonchev–Trinajstić information content (AvgIpc) is 2.76. The van der Waals surface area contributed by atoms with Crippen LogP contribution in [-0.2, 0) is 13.1 Å². The molecular formula is C14H20N4O. The van der Waals surface area contributed by atoms with Crippen LogP contribution in [0.1, 0.15) is 24.6 Å². The van der Waals surface area contributed by atoms with Gasteiger partial charge in [0.2, 0.25) is 5.88 Å². The molecule has 0 bridgehead atoms. The molecule has 2 heterocycles. The minimum absolute atomic E-state index is 0.612. The van der Waals surface area contributed by atoms with E-state index in [4.69, 9.17) is 4.74 Å². The largest absolute Gasteiger partial charge is 0.436 e. The van der Waals surface area contributed by atoms with E-state index in [1.807, 2.05) is 37.0 Å². The van der Waals surface area contributed by atoms with Crippen LogP contribution < -0.4 is 10.1 Å². The SMILES string of the molecule is CCCn1cc(Oc2cc(CNC)cc(C)n2)cn1. The maximum atomic E-state index is 5.75. The Labute approximate surface area is 113 Å². The molecule has 0 aliphatic rings. The van der Waals surface area contributed by atoms with E-state index in [9.17, 15) is 0 Å². The monoisotopic (exact) mass is 260 g/mol. The Morgan fingerprint density at radius 1 is 1.37 bits per heavy atom. The molecule has 0 saturated heterocycles. The summed E-state index contributed by atoms with van der Waals surface area (Å²) in [6.07, 6.45) is 4.67. The molecule has 0 radical (unpaired) electrons. The standard InChI is InChI=1S/C14H20N4O/c1-4-5-18-10-13(9-16-18)19-14-7-12(8-15-3)6-11(2)17-14/h6-7,9-10,15H,4-5,8H2,1-3H3. The topological polar surface area (TPSA) is 52.0 Å². The Kier molecular flexibility index (Phi) is 4.52. The molecule has 1 N–H and O–H groups in total. The predicted molar refractivity (Wildman–Crippen MR) is 74.3 cm³/mol. The smallest absolute Gasteiger partial charge is 0.219 e. The highest BCUT2D eigenvalue weighted by atomic mass is 16.5. The number of ether oxygens (including phenoxy) is 1. The normalized spacial score (nSPS) is 10.7. The molecule has 0 atom stereocenters. The van der Waals surface area contributed by atoms with Crippen molar-refractivity contribution >= 4 is 0 Å². The fourth-order valence-corrected chi connectivity index (χ4v) is 1.93. The van der Waals surface area contributed by atoms with Crippen molar-refractivity contribution in [3.8, 4) is 11.6 Å². The van der Waals surface area contributed by atoms with Crippen molar-refractivity contribution in [2.24, 2.45) is 0 Å². The molecule has 0 aromatic carbocycles. The highest BCUT2D eigenvalue weighted by Gasteiger charge is 2.04. The van der Waals surface area contributed by atoms with Crippen molar-refractivity contribution in [3.63, 3.8) is 0 Å². The third-order valence-corrected chi connectivity index (χ3v) is 2.66. The van der Waals surface area contributed by atoms with Crippen LogP contribution in [0.15, 0.2) is 24.5 Å². The van der Waals surface area contributed by atoms with E-state index in [2.05, 4.69) is 22.3 Å². The Morgan fingerprint density at radius 2 is 2.21 bits per heavy atom. The second kappa shape index (κ2) is 6.33. The molecule has 5 heteroatoms. The van der Waals surface area contributed by atoms with Crippen molar-refractivity contribution in [1.29, 1.82) is 0 Å². The van der Waals surface area contributed by atoms with Gasteiger partial charge in [-0.05, 0) is 32.0 Å². The molecule has 0 aliphatic carbocycles. The first-order chi connectivity index (χ1) is 9.21. The van der Waals surface area contributed by atoms with Gasteiger partial charge in [-0.2, -0.15) is 5.10 Å². The number of nitrogens with one attached hydrogen (secondary N) is 1. The van der Waals surface area contributed by atoms with Crippen LogP contribution in [0.2, 0.25) is 0 Å². The minimum atomic E-state index is 0.612. The van der Waals surface area contributed by atoms with Crippen LogP contribution in [0.4, 0.5) is 0 Å². The first-order valence-corrected chi connectivity index (χ1v) is 6.53. The molecule has 19 heavy (non-hydrogen) atoms. The molecular weight excluding hydrogens is 240 g/mol. The van der Waals surface area contributed by atoms with Gasteiger partial charge in [0.15, 0.2) is 5.75 Å². The van der Waals surface area contributed by atoms with Gasteiger partial charge in [0.1, 0.15) is 0 Å². The van der Waals surface area contributed by atoms with Crippen LogP contribution in [0, 0.1) is 6.92 Å². The van der Waals surface area contributed by atoms with Crippen LogP contribution >= 0.6 is 0 Å². The molecule has 0 fully saturated rings. The van der Waals surface area contributed by atoms with Gasteiger partial charge in [-0.3, -0.25) is 4.68 Å². The van der Waals surface area contributed by atoms with E-state index in [-0.39, 0.29) is 0 Å². The van der Waals surface area contributed by atoms with Gasteiger partial charge in [0.25, 0.3) is 0 Å². The molecule has 2 aromatic rings. The summed E-state index contributed by atoms with van der Waals surface area (Å²) >= 11 is 0. The quantitative estimate of drug-likeness (QED) is 0.867. The second-order valence-electron chi connectivity index (χ2n) is 4.53. The lowest BCUT2D eigenvalue weighted by Crippen LogP contribution is -2.06. The highest BCUT2D eigenvalue weighted by molar-refractivity contribution is 5.28. The maximum absolute atomic E-state index is 5.75. The molecule has 0 aliphatic heterocycles. The van der Waals surface area contributed by atoms with E-state index >= 15 is 0 Å². The van der Waals surface area contributed by atoms with Crippen molar-refractivity contribution in [3.05, 3.63) is 35.8 Å². The number of aromatic nitrogens is 3. The van der Waals surface area contributed by atoms with Crippen LogP contribution in [-0.4, -0.2) is 21.8 Å². The molecule has 5 nitrogen and oxygen atoms in total. The Hall–Kier alpha value is -1.88. The first-order valence-electron chi connectivity index (χ1n) is 6.53. The summed E-state index contributed by atoms with van der Waals surface area (Å²) < 4.78 is 7.63. The summed E-state index contributed by atoms with van der Waals surface area (Å²) in [6, 6.07) is 3.99. The van der Waals surface area contributed by atoms with Crippen LogP contribution in [0.5, 0.6) is 11.6 Å². The lowest BCUT2D eigenvalue weighted by molar-refractivity contribution is 0.459. The van der Waals surface area contributed by atoms with Crippen molar-refractivity contribution in [2.75, 3.05) is 7.05 Å². The Bertz CT molecular complexity index is 536. The molecule has 0 unspecified atom stereocenters. The summed E-state index contributed by atoms with van der Waals surface area (Å²) in [4.78, 5) is 4.38. The fraction of sp³-hybridized carbons (Fsp3) is 0.429.